The van der Waals surface area contributed by atoms with E-state index in [2.05, 4.69) is 17.4 Å². The van der Waals surface area contributed by atoms with Crippen LogP contribution in [0.1, 0.15) is 66.7 Å². The molecule has 2 amide bonds. The molecule has 2 aromatic carbocycles. The molecular formula is C32H35N5O4. The minimum atomic E-state index is -0.496. The first-order valence-corrected chi connectivity index (χ1v) is 14.1. The number of aromatic nitrogens is 3. The maximum absolute atomic E-state index is 13.4. The summed E-state index contributed by atoms with van der Waals surface area (Å²) in [6.45, 7) is 7.40. The molecule has 4 aromatic rings. The van der Waals surface area contributed by atoms with Crippen molar-refractivity contribution in [3.63, 3.8) is 0 Å². The molecule has 2 aliphatic rings. The van der Waals surface area contributed by atoms with E-state index in [1.54, 1.807) is 16.9 Å². The highest BCUT2D eigenvalue weighted by Gasteiger charge is 2.32. The van der Waals surface area contributed by atoms with Crippen LogP contribution in [0.15, 0.2) is 61.1 Å². The number of hydrogen-bond acceptors (Lipinski definition) is 6. The molecule has 0 N–H and O–H groups in total. The summed E-state index contributed by atoms with van der Waals surface area (Å²) in [6, 6.07) is 13.9. The molecule has 0 bridgehead atoms. The summed E-state index contributed by atoms with van der Waals surface area (Å²) in [5.74, 6) is 1.45. The van der Waals surface area contributed by atoms with Crippen molar-refractivity contribution in [2.75, 3.05) is 25.1 Å². The number of hydrogen-bond donors (Lipinski definition) is 0. The van der Waals surface area contributed by atoms with Gasteiger partial charge in [-0.05, 0) is 73.9 Å². The van der Waals surface area contributed by atoms with Gasteiger partial charge in [0.2, 0.25) is 0 Å². The van der Waals surface area contributed by atoms with E-state index >= 15 is 0 Å². The Morgan fingerprint density at radius 2 is 1.78 bits per heavy atom. The van der Waals surface area contributed by atoms with Crippen molar-refractivity contribution < 1.29 is 19.1 Å². The van der Waals surface area contributed by atoms with Crippen LogP contribution in [0.2, 0.25) is 0 Å². The summed E-state index contributed by atoms with van der Waals surface area (Å²) in [6.07, 6.45) is 7.96. The van der Waals surface area contributed by atoms with Crippen molar-refractivity contribution in [3.05, 3.63) is 83.3 Å². The highest BCUT2D eigenvalue weighted by molar-refractivity contribution is 6.24. The summed E-state index contributed by atoms with van der Waals surface area (Å²) in [5, 5.41) is 6.61. The lowest BCUT2D eigenvalue weighted by Gasteiger charge is -2.33. The van der Waals surface area contributed by atoms with E-state index in [0.717, 1.165) is 46.1 Å². The second-order valence-corrected chi connectivity index (χ2v) is 11.8. The summed E-state index contributed by atoms with van der Waals surface area (Å²) in [5.41, 5.74) is 3.35. The van der Waals surface area contributed by atoms with E-state index in [0.29, 0.717) is 37.4 Å². The van der Waals surface area contributed by atoms with Crippen molar-refractivity contribution in [1.82, 2.24) is 19.7 Å². The van der Waals surface area contributed by atoms with Gasteiger partial charge in [0, 0.05) is 37.3 Å². The van der Waals surface area contributed by atoms with Crippen molar-refractivity contribution >= 4 is 28.6 Å². The van der Waals surface area contributed by atoms with Gasteiger partial charge in [0.15, 0.2) is 0 Å². The first-order valence-electron chi connectivity index (χ1n) is 14.1. The van der Waals surface area contributed by atoms with Crippen LogP contribution in [-0.2, 0) is 17.7 Å². The predicted octanol–water partition coefficient (Wildman–Crippen LogP) is 5.76. The van der Waals surface area contributed by atoms with E-state index in [-0.39, 0.29) is 18.0 Å². The van der Waals surface area contributed by atoms with Crippen LogP contribution < -0.4 is 9.64 Å². The summed E-state index contributed by atoms with van der Waals surface area (Å²) in [4.78, 5) is 34.2. The molecule has 9 heteroatoms. The van der Waals surface area contributed by atoms with Crippen molar-refractivity contribution in [1.29, 1.82) is 0 Å². The van der Waals surface area contributed by atoms with Gasteiger partial charge < -0.3 is 14.4 Å². The van der Waals surface area contributed by atoms with Gasteiger partial charge in [-0.1, -0.05) is 24.3 Å². The third kappa shape index (κ3) is 5.36. The molecule has 0 unspecified atom stereocenters. The minimum Gasteiger partial charge on any atom is -0.497 e. The minimum absolute atomic E-state index is 0.0309. The van der Waals surface area contributed by atoms with Crippen LogP contribution in [0.25, 0.3) is 10.8 Å². The van der Waals surface area contributed by atoms with Crippen LogP contribution in [0, 0.1) is 0 Å². The molecule has 9 nitrogen and oxygen atoms in total. The number of likely N-dealkylation sites (tertiary alicyclic amines) is 1. The van der Waals surface area contributed by atoms with Crippen molar-refractivity contribution in [3.8, 4) is 5.75 Å². The number of methoxy groups -OCH3 is 1. The highest BCUT2D eigenvalue weighted by atomic mass is 16.6. The quantitative estimate of drug-likeness (QED) is 0.302. The number of ether oxygens (including phenoxy) is 2. The lowest BCUT2D eigenvalue weighted by atomic mass is 10.00. The Hall–Kier alpha value is -4.40. The van der Waals surface area contributed by atoms with Gasteiger partial charge in [-0.25, -0.2) is 9.78 Å². The van der Waals surface area contributed by atoms with Gasteiger partial charge in [0.25, 0.3) is 5.91 Å². The maximum Gasteiger partial charge on any atom is 0.410 e. The third-order valence-corrected chi connectivity index (χ3v) is 7.75. The summed E-state index contributed by atoms with van der Waals surface area (Å²) >= 11 is 0. The zero-order valence-corrected chi connectivity index (χ0v) is 24.0. The fourth-order valence-corrected chi connectivity index (χ4v) is 5.69. The average Bonchev–Trinajstić information content (AvgIpc) is 3.53. The predicted molar refractivity (Wildman–Crippen MR) is 156 cm³/mol. The number of rotatable bonds is 6. The Bertz CT molecular complexity index is 1600. The van der Waals surface area contributed by atoms with Gasteiger partial charge in [-0.2, -0.15) is 5.10 Å². The van der Waals surface area contributed by atoms with Gasteiger partial charge in [0.1, 0.15) is 17.2 Å². The van der Waals surface area contributed by atoms with Crippen LogP contribution in [0.3, 0.4) is 0 Å². The van der Waals surface area contributed by atoms with E-state index < -0.39 is 5.60 Å². The molecule has 0 saturated carbocycles. The Kier molecular flexibility index (Phi) is 6.89. The highest BCUT2D eigenvalue weighted by Crippen LogP contribution is 2.38. The third-order valence-electron chi connectivity index (χ3n) is 7.75. The number of piperidine rings is 1. The van der Waals surface area contributed by atoms with Gasteiger partial charge in [-0.3, -0.25) is 14.4 Å². The van der Waals surface area contributed by atoms with Gasteiger partial charge in [-0.15, -0.1) is 0 Å². The second-order valence-electron chi connectivity index (χ2n) is 11.8. The molecule has 0 atom stereocenters. The molecule has 2 aromatic heterocycles. The monoisotopic (exact) mass is 553 g/mol. The molecule has 2 aliphatic heterocycles. The molecule has 4 heterocycles. The van der Waals surface area contributed by atoms with E-state index in [1.807, 2.05) is 74.2 Å². The molecule has 212 valence electrons. The second kappa shape index (κ2) is 10.5. The Morgan fingerprint density at radius 1 is 1.02 bits per heavy atom. The first-order chi connectivity index (χ1) is 19.7. The summed E-state index contributed by atoms with van der Waals surface area (Å²) in [7, 11) is 1.64. The number of carbonyl (C=O) groups is 2. The molecule has 6 rings (SSSR count). The fraction of sp³-hybridized carbons (Fsp3) is 0.375. The normalized spacial score (nSPS) is 15.6. The first kappa shape index (κ1) is 26.8. The number of anilines is 1. The van der Waals surface area contributed by atoms with Crippen LogP contribution in [-0.4, -0.2) is 57.5 Å². The lowest BCUT2D eigenvalue weighted by molar-refractivity contribution is 0.0184. The number of nitrogens with zero attached hydrogens (tertiary/aromatic N) is 5. The average molecular weight is 554 g/mol. The lowest BCUT2D eigenvalue weighted by Crippen LogP contribution is -2.42. The number of amides is 2. The Labute approximate surface area is 239 Å². The molecule has 1 fully saturated rings. The zero-order valence-electron chi connectivity index (χ0n) is 24.0. The molecule has 0 radical (unpaired) electrons. The number of benzene rings is 2. The standard InChI is InChI=1S/C32H35N5O4/c1-32(2,3)41-31(39)35-14-12-24(13-15-35)37-20-22(17-34-37)16-23-18-33-29-28-26(23)6-5-7-27(28)30(38)36(29)19-21-8-10-25(40-4)11-9-21/h5-11,17-18,20,24H,12-16,19H2,1-4H3. The topological polar surface area (TPSA) is 89.8 Å². The molecule has 0 aliphatic carbocycles. The van der Waals surface area contributed by atoms with Crippen LogP contribution in [0.4, 0.5) is 10.6 Å². The van der Waals surface area contributed by atoms with E-state index in [1.165, 1.54) is 0 Å². The molecule has 41 heavy (non-hydrogen) atoms. The van der Waals surface area contributed by atoms with Gasteiger partial charge in [0.05, 0.1) is 31.5 Å². The zero-order chi connectivity index (χ0) is 28.7. The van der Waals surface area contributed by atoms with Crippen LogP contribution >= 0.6 is 0 Å². The molecule has 1 saturated heterocycles. The van der Waals surface area contributed by atoms with E-state index in [4.69, 9.17) is 14.5 Å². The SMILES string of the molecule is COc1ccc(CN2C(=O)c3cccc4c(Cc5cnn(C6CCN(C(=O)OC(C)(C)C)CC6)c5)cnc2c34)cc1. The Balaban J connectivity index is 1.17. The van der Waals surface area contributed by atoms with Gasteiger partial charge >= 0.3 is 6.09 Å². The van der Waals surface area contributed by atoms with E-state index in [9.17, 15) is 9.59 Å². The number of pyridine rings is 1. The van der Waals surface area contributed by atoms with Crippen molar-refractivity contribution in [2.45, 2.75) is 58.2 Å². The maximum atomic E-state index is 13.4. The summed E-state index contributed by atoms with van der Waals surface area (Å²) < 4.78 is 12.8. The van der Waals surface area contributed by atoms with Crippen molar-refractivity contribution in [2.24, 2.45) is 0 Å². The fourth-order valence-electron chi connectivity index (χ4n) is 5.69. The smallest absolute Gasteiger partial charge is 0.410 e. The van der Waals surface area contributed by atoms with Crippen LogP contribution in [0.5, 0.6) is 5.75 Å². The number of carbonyl (C=O) groups excluding carboxylic acids is 2. The Morgan fingerprint density at radius 3 is 2.49 bits per heavy atom. The molecular weight excluding hydrogens is 518 g/mol. The largest absolute Gasteiger partial charge is 0.497 e. The molecule has 0 spiro atoms.